The Bertz CT molecular complexity index is 1260. The molecule has 0 spiro atoms. The van der Waals surface area contributed by atoms with Gasteiger partial charge in [-0.2, -0.15) is 13.2 Å². The zero-order valence-corrected chi connectivity index (χ0v) is 22.5. The molecule has 1 aliphatic heterocycles. The molecule has 0 unspecified atom stereocenters. The zero-order chi connectivity index (χ0) is 28.0. The molecule has 210 valence electrons. The third-order valence-electron chi connectivity index (χ3n) is 8.00. The zero-order valence-electron chi connectivity index (χ0n) is 22.5. The Morgan fingerprint density at radius 3 is 2.15 bits per heavy atom. The van der Waals surface area contributed by atoms with Crippen LogP contribution in [0, 0.1) is 0 Å². The third-order valence-corrected chi connectivity index (χ3v) is 8.00. The molecule has 1 saturated carbocycles. The summed E-state index contributed by atoms with van der Waals surface area (Å²) in [6.45, 7) is 2.44. The van der Waals surface area contributed by atoms with Crippen LogP contribution in [-0.4, -0.2) is 45.9 Å². The number of carbonyl (C=O) groups is 1. The first-order chi connectivity index (χ1) is 19.3. The second-order valence-corrected chi connectivity index (χ2v) is 10.7. The van der Waals surface area contributed by atoms with Crippen LogP contribution < -0.4 is 5.32 Å². The Kier molecular flexibility index (Phi) is 8.85. The molecule has 1 aliphatic carbocycles. The van der Waals surface area contributed by atoms with Crippen LogP contribution in [0.25, 0.3) is 6.08 Å². The van der Waals surface area contributed by atoms with Gasteiger partial charge < -0.3 is 15.1 Å². The molecule has 0 atom stereocenters. The highest BCUT2D eigenvalue weighted by Crippen LogP contribution is 2.30. The number of likely N-dealkylation sites (tertiary alicyclic amines) is 1. The van der Waals surface area contributed by atoms with Crippen LogP contribution >= 0.6 is 0 Å². The number of hydrogen-bond donors (Lipinski definition) is 1. The number of alkyl halides is 3. The van der Waals surface area contributed by atoms with Gasteiger partial charge in [0.15, 0.2) is 0 Å². The fraction of sp³-hybridized carbons (Fsp3) is 0.375. The molecular formula is C32H35F3N4O. The van der Waals surface area contributed by atoms with Crippen LogP contribution in [0.5, 0.6) is 0 Å². The number of carbonyl (C=O) groups excluding carboxylic acids is 1. The number of benzene rings is 2. The number of amides is 1. The van der Waals surface area contributed by atoms with E-state index < -0.39 is 11.7 Å². The molecule has 5 nitrogen and oxygen atoms in total. The molecule has 2 heterocycles. The molecule has 1 aromatic heterocycles. The van der Waals surface area contributed by atoms with Crippen molar-refractivity contribution in [1.82, 2.24) is 14.8 Å². The highest BCUT2D eigenvalue weighted by molar-refractivity contribution is 5.92. The fourth-order valence-corrected chi connectivity index (χ4v) is 5.76. The molecular weight excluding hydrogens is 513 g/mol. The van der Waals surface area contributed by atoms with Gasteiger partial charge in [-0.1, -0.05) is 37.1 Å². The summed E-state index contributed by atoms with van der Waals surface area (Å²) in [5.41, 5.74) is 2.77. The van der Waals surface area contributed by atoms with Crippen LogP contribution in [0.15, 0.2) is 79.1 Å². The summed E-state index contributed by atoms with van der Waals surface area (Å²) in [6, 6.07) is 17.5. The standard InChI is InChI=1S/C32H35F3N4O/c33-32(34,35)26-10-5-24(6-11-26)9-14-31(40)39(30-17-21-38(22-18-30)29-3-1-2-4-29)23-25-7-12-27(13-8-25)37-28-15-19-36-20-16-28/h5-16,19-20,29-30H,1-4,17-18,21-23H2,(H,36,37)/b14-9+. The quantitative estimate of drug-likeness (QED) is 0.300. The van der Waals surface area contributed by atoms with Crippen LogP contribution in [0.4, 0.5) is 24.5 Å². The molecule has 5 rings (SSSR count). The van der Waals surface area contributed by atoms with Gasteiger partial charge in [0.1, 0.15) is 0 Å². The minimum absolute atomic E-state index is 0.108. The molecule has 0 radical (unpaired) electrons. The lowest BCUT2D eigenvalue weighted by molar-refractivity contribution is -0.137. The number of aromatic nitrogens is 1. The summed E-state index contributed by atoms with van der Waals surface area (Å²) in [4.78, 5) is 22.1. The lowest BCUT2D eigenvalue weighted by Crippen LogP contribution is -2.48. The Labute approximate surface area is 233 Å². The van der Waals surface area contributed by atoms with Crippen LogP contribution in [-0.2, 0) is 17.5 Å². The number of nitrogens with zero attached hydrogens (tertiary/aromatic N) is 3. The van der Waals surface area contributed by atoms with Gasteiger partial charge in [0.25, 0.3) is 0 Å². The number of rotatable bonds is 8. The van der Waals surface area contributed by atoms with Crippen molar-refractivity contribution in [2.75, 3.05) is 18.4 Å². The van der Waals surface area contributed by atoms with E-state index in [1.807, 2.05) is 41.3 Å². The summed E-state index contributed by atoms with van der Waals surface area (Å²) < 4.78 is 38.8. The second kappa shape index (κ2) is 12.7. The monoisotopic (exact) mass is 548 g/mol. The van der Waals surface area contributed by atoms with Gasteiger partial charge in [0.2, 0.25) is 5.91 Å². The molecule has 40 heavy (non-hydrogen) atoms. The van der Waals surface area contributed by atoms with E-state index in [1.54, 1.807) is 18.5 Å². The van der Waals surface area contributed by atoms with Crippen molar-refractivity contribution < 1.29 is 18.0 Å². The van der Waals surface area contributed by atoms with E-state index in [2.05, 4.69) is 15.2 Å². The van der Waals surface area contributed by atoms with E-state index in [0.717, 1.165) is 55.0 Å². The van der Waals surface area contributed by atoms with Gasteiger partial charge in [0, 0.05) is 61.6 Å². The molecule has 2 aromatic carbocycles. The van der Waals surface area contributed by atoms with Crippen molar-refractivity contribution in [2.45, 2.75) is 63.3 Å². The maximum Gasteiger partial charge on any atom is 0.416 e. The lowest BCUT2D eigenvalue weighted by atomic mass is 9.99. The number of pyridine rings is 1. The molecule has 0 bridgehead atoms. The second-order valence-electron chi connectivity index (χ2n) is 10.7. The Morgan fingerprint density at radius 2 is 1.52 bits per heavy atom. The molecule has 1 amide bonds. The largest absolute Gasteiger partial charge is 0.416 e. The van der Waals surface area contributed by atoms with Gasteiger partial charge in [-0.25, -0.2) is 0 Å². The van der Waals surface area contributed by atoms with Crippen LogP contribution in [0.1, 0.15) is 55.2 Å². The highest BCUT2D eigenvalue weighted by Gasteiger charge is 2.31. The van der Waals surface area contributed by atoms with Crippen molar-refractivity contribution in [1.29, 1.82) is 0 Å². The van der Waals surface area contributed by atoms with Crippen molar-refractivity contribution >= 4 is 23.4 Å². The summed E-state index contributed by atoms with van der Waals surface area (Å²) in [7, 11) is 0. The van der Waals surface area contributed by atoms with Gasteiger partial charge in [-0.05, 0) is 79.3 Å². The van der Waals surface area contributed by atoms with Crippen molar-refractivity contribution in [3.63, 3.8) is 0 Å². The van der Waals surface area contributed by atoms with Crippen molar-refractivity contribution in [3.8, 4) is 0 Å². The SMILES string of the molecule is O=C(/C=C/c1ccc(C(F)(F)F)cc1)N(Cc1ccc(Nc2ccncc2)cc1)C1CCN(C2CCCC2)CC1. The smallest absolute Gasteiger partial charge is 0.355 e. The lowest BCUT2D eigenvalue weighted by Gasteiger charge is -2.40. The summed E-state index contributed by atoms with van der Waals surface area (Å²) in [5, 5.41) is 3.35. The van der Waals surface area contributed by atoms with Crippen LogP contribution in [0.2, 0.25) is 0 Å². The number of halogens is 3. The average molecular weight is 549 g/mol. The number of hydrogen-bond acceptors (Lipinski definition) is 4. The number of nitrogens with one attached hydrogen (secondary N) is 1. The summed E-state index contributed by atoms with van der Waals surface area (Å²) >= 11 is 0. The Morgan fingerprint density at radius 1 is 0.900 bits per heavy atom. The van der Waals surface area contributed by atoms with E-state index in [0.29, 0.717) is 18.2 Å². The minimum atomic E-state index is -4.38. The molecule has 2 fully saturated rings. The van der Waals surface area contributed by atoms with E-state index in [4.69, 9.17) is 0 Å². The fourth-order valence-electron chi connectivity index (χ4n) is 5.76. The first-order valence-electron chi connectivity index (χ1n) is 14.0. The molecule has 1 saturated heterocycles. The normalized spacial score (nSPS) is 17.4. The van der Waals surface area contributed by atoms with Crippen molar-refractivity contribution in [2.24, 2.45) is 0 Å². The van der Waals surface area contributed by atoms with E-state index >= 15 is 0 Å². The first-order valence-corrected chi connectivity index (χ1v) is 14.0. The van der Waals surface area contributed by atoms with Gasteiger partial charge in [0.05, 0.1) is 5.56 Å². The predicted octanol–water partition coefficient (Wildman–Crippen LogP) is 7.29. The Balaban J connectivity index is 1.28. The minimum Gasteiger partial charge on any atom is -0.355 e. The maximum atomic E-state index is 13.5. The summed E-state index contributed by atoms with van der Waals surface area (Å²) in [6.07, 6.45) is 9.14. The van der Waals surface area contributed by atoms with Gasteiger partial charge >= 0.3 is 6.18 Å². The van der Waals surface area contributed by atoms with Crippen molar-refractivity contribution in [3.05, 3.63) is 95.8 Å². The van der Waals surface area contributed by atoms with E-state index in [-0.39, 0.29) is 11.9 Å². The average Bonchev–Trinajstić information content (AvgIpc) is 3.51. The van der Waals surface area contributed by atoms with E-state index in [9.17, 15) is 18.0 Å². The van der Waals surface area contributed by atoms with Crippen LogP contribution in [0.3, 0.4) is 0 Å². The van der Waals surface area contributed by atoms with Gasteiger partial charge in [-0.15, -0.1) is 0 Å². The maximum absolute atomic E-state index is 13.5. The number of piperidine rings is 1. The molecule has 8 heteroatoms. The Hall–Kier alpha value is -3.65. The van der Waals surface area contributed by atoms with Gasteiger partial charge in [-0.3, -0.25) is 9.78 Å². The topological polar surface area (TPSA) is 48.5 Å². The number of anilines is 2. The third kappa shape index (κ3) is 7.30. The first kappa shape index (κ1) is 27.9. The predicted molar refractivity (Wildman–Crippen MR) is 152 cm³/mol. The highest BCUT2D eigenvalue weighted by atomic mass is 19.4. The molecule has 3 aromatic rings. The summed E-state index contributed by atoms with van der Waals surface area (Å²) in [5.74, 6) is -0.127. The molecule has 1 N–H and O–H groups in total. The molecule has 2 aliphatic rings. The van der Waals surface area contributed by atoms with E-state index in [1.165, 1.54) is 43.9 Å².